The minimum absolute atomic E-state index is 0.285. The highest BCUT2D eigenvalue weighted by atomic mass is 32.2. The molecule has 0 aromatic carbocycles. The van der Waals surface area contributed by atoms with Crippen molar-refractivity contribution < 1.29 is 22.9 Å². The predicted molar refractivity (Wildman–Crippen MR) is 184 cm³/mol. The molecule has 254 valence electrons. The van der Waals surface area contributed by atoms with Gasteiger partial charge in [-0.25, -0.2) is 0 Å². The number of amides is 1. The molecule has 0 aromatic heterocycles. The monoisotopic (exact) mass is 627 g/mol. The van der Waals surface area contributed by atoms with E-state index in [9.17, 15) is 22.9 Å². The van der Waals surface area contributed by atoms with E-state index in [0.717, 1.165) is 38.5 Å². The average Bonchev–Trinajstić information content (AvgIpc) is 2.96. The van der Waals surface area contributed by atoms with E-state index < -0.39 is 28.0 Å². The van der Waals surface area contributed by atoms with Gasteiger partial charge >= 0.3 is 0 Å². The van der Waals surface area contributed by atoms with Crippen LogP contribution in [0.5, 0.6) is 0 Å². The molecule has 0 saturated carbocycles. The first-order valence-corrected chi connectivity index (χ1v) is 19.6. The van der Waals surface area contributed by atoms with Crippen LogP contribution in [0.3, 0.4) is 0 Å². The van der Waals surface area contributed by atoms with Crippen LogP contribution in [0.15, 0.2) is 24.3 Å². The van der Waals surface area contributed by atoms with Crippen molar-refractivity contribution in [1.82, 2.24) is 5.32 Å². The molecule has 3 N–H and O–H groups in total. The Bertz CT molecular complexity index is 781. The van der Waals surface area contributed by atoms with Gasteiger partial charge in [-0.15, -0.1) is 0 Å². The summed E-state index contributed by atoms with van der Waals surface area (Å²) in [5.74, 6) is -0.983. The summed E-state index contributed by atoms with van der Waals surface area (Å²) < 4.78 is 32.1. The Morgan fingerprint density at radius 1 is 0.605 bits per heavy atom. The Morgan fingerprint density at radius 2 is 0.977 bits per heavy atom. The van der Waals surface area contributed by atoms with Crippen molar-refractivity contribution in [1.29, 1.82) is 0 Å². The van der Waals surface area contributed by atoms with Gasteiger partial charge in [0.05, 0.1) is 17.9 Å². The number of aliphatic hydroxyl groups is 1. The number of aliphatic hydroxyl groups excluding tert-OH is 1. The van der Waals surface area contributed by atoms with E-state index in [4.69, 9.17) is 0 Å². The zero-order chi connectivity index (χ0) is 31.9. The molecule has 0 aliphatic rings. The number of carbonyl (C=O) groups is 1. The standard InChI is InChI=1S/C36H69NO5S/c1-3-5-7-9-11-12-13-14-15-16-17-18-19-20-21-22-23-24-26-28-30-32-36(39)37-34(33-43(40,41)42)35(38)31-29-27-25-10-8-6-4-2/h16-17,29,31,34-35,38H,3-15,18-28,30,32-33H2,1-2H3,(H,37,39)(H,40,41,42)/b17-16-,31-29+. The van der Waals surface area contributed by atoms with Crippen LogP contribution in [0.1, 0.15) is 181 Å². The zero-order valence-corrected chi connectivity index (χ0v) is 28.9. The maximum Gasteiger partial charge on any atom is 0.267 e. The van der Waals surface area contributed by atoms with Crippen LogP contribution >= 0.6 is 0 Å². The quantitative estimate of drug-likeness (QED) is 0.0391. The van der Waals surface area contributed by atoms with Gasteiger partial charge in [0.1, 0.15) is 0 Å². The van der Waals surface area contributed by atoms with Crippen molar-refractivity contribution in [3.63, 3.8) is 0 Å². The summed E-state index contributed by atoms with van der Waals surface area (Å²) in [5.41, 5.74) is 0. The fraction of sp³-hybridized carbons (Fsp3) is 0.861. The number of unbranched alkanes of at least 4 members (excludes halogenated alkanes) is 22. The van der Waals surface area contributed by atoms with E-state index in [0.29, 0.717) is 6.42 Å². The SMILES string of the molecule is CCCCCCC/C=C/C(O)C(CS(=O)(=O)O)NC(=O)CCCCCCCCCCC/C=C\CCCCCCCCCC. The Kier molecular flexibility index (Phi) is 30.0. The second-order valence-corrected chi connectivity index (χ2v) is 14.0. The molecule has 2 atom stereocenters. The van der Waals surface area contributed by atoms with Crippen LogP contribution in [0.25, 0.3) is 0 Å². The number of hydrogen-bond donors (Lipinski definition) is 3. The van der Waals surface area contributed by atoms with E-state index in [-0.39, 0.29) is 5.91 Å². The van der Waals surface area contributed by atoms with Crippen molar-refractivity contribution in [2.24, 2.45) is 0 Å². The van der Waals surface area contributed by atoms with Crippen molar-refractivity contribution in [2.45, 2.75) is 193 Å². The summed E-state index contributed by atoms with van der Waals surface area (Å²) in [6, 6.07) is -1.05. The molecule has 0 aromatic rings. The maximum absolute atomic E-state index is 12.4. The molecule has 7 heteroatoms. The third-order valence-electron chi connectivity index (χ3n) is 8.12. The van der Waals surface area contributed by atoms with Crippen LogP contribution in [0, 0.1) is 0 Å². The van der Waals surface area contributed by atoms with E-state index >= 15 is 0 Å². The third-order valence-corrected chi connectivity index (χ3v) is 8.90. The van der Waals surface area contributed by atoms with Gasteiger partial charge in [0.2, 0.25) is 5.91 Å². The lowest BCUT2D eigenvalue weighted by atomic mass is 10.0. The fourth-order valence-electron chi connectivity index (χ4n) is 5.38. The summed E-state index contributed by atoms with van der Waals surface area (Å²) in [5, 5.41) is 13.0. The van der Waals surface area contributed by atoms with Gasteiger partial charge in [0, 0.05) is 6.42 Å². The Balaban J connectivity index is 3.80. The molecule has 0 bridgehead atoms. The second kappa shape index (κ2) is 30.8. The highest BCUT2D eigenvalue weighted by Gasteiger charge is 2.24. The van der Waals surface area contributed by atoms with Gasteiger partial charge in [-0.1, -0.05) is 154 Å². The van der Waals surface area contributed by atoms with Crippen LogP contribution in [-0.2, 0) is 14.9 Å². The molecule has 0 saturated heterocycles. The first-order chi connectivity index (χ1) is 20.8. The molecule has 6 nitrogen and oxygen atoms in total. The Morgan fingerprint density at radius 3 is 1.40 bits per heavy atom. The van der Waals surface area contributed by atoms with Gasteiger partial charge in [-0.05, 0) is 44.9 Å². The summed E-state index contributed by atoms with van der Waals surface area (Å²) >= 11 is 0. The van der Waals surface area contributed by atoms with Crippen molar-refractivity contribution in [3.05, 3.63) is 24.3 Å². The lowest BCUT2D eigenvalue weighted by Gasteiger charge is -2.21. The summed E-state index contributed by atoms with van der Waals surface area (Å²) in [4.78, 5) is 12.4. The Hall–Kier alpha value is -1.18. The minimum atomic E-state index is -4.33. The minimum Gasteiger partial charge on any atom is -0.387 e. The van der Waals surface area contributed by atoms with Crippen molar-refractivity contribution in [2.75, 3.05) is 5.75 Å². The van der Waals surface area contributed by atoms with E-state index in [1.807, 2.05) is 6.08 Å². The molecule has 0 heterocycles. The molecule has 1 amide bonds. The number of nitrogens with one attached hydrogen (secondary N) is 1. The normalized spacial score (nSPS) is 13.7. The maximum atomic E-state index is 12.4. The zero-order valence-electron chi connectivity index (χ0n) is 28.1. The van der Waals surface area contributed by atoms with Gasteiger partial charge in [-0.2, -0.15) is 8.42 Å². The topological polar surface area (TPSA) is 104 Å². The Labute approximate surface area is 266 Å². The molecular formula is C36H69NO5S. The molecule has 0 fully saturated rings. The summed E-state index contributed by atoms with van der Waals surface area (Å²) in [7, 11) is -4.33. The molecule has 2 unspecified atom stereocenters. The number of rotatable bonds is 32. The second-order valence-electron chi connectivity index (χ2n) is 12.5. The average molecular weight is 628 g/mol. The van der Waals surface area contributed by atoms with Crippen LogP contribution in [-0.4, -0.2) is 41.9 Å². The van der Waals surface area contributed by atoms with Gasteiger partial charge in [0.25, 0.3) is 10.1 Å². The van der Waals surface area contributed by atoms with Crippen LogP contribution < -0.4 is 5.32 Å². The van der Waals surface area contributed by atoms with Crippen molar-refractivity contribution in [3.8, 4) is 0 Å². The molecule has 0 rings (SSSR count). The molecule has 0 spiro atoms. The van der Waals surface area contributed by atoms with Crippen molar-refractivity contribution >= 4 is 16.0 Å². The smallest absolute Gasteiger partial charge is 0.267 e. The lowest BCUT2D eigenvalue weighted by Crippen LogP contribution is -2.46. The largest absolute Gasteiger partial charge is 0.387 e. The third kappa shape index (κ3) is 32.0. The van der Waals surface area contributed by atoms with Crippen LogP contribution in [0.4, 0.5) is 0 Å². The summed E-state index contributed by atoms with van der Waals surface area (Å²) in [6.45, 7) is 4.44. The molecule has 43 heavy (non-hydrogen) atoms. The first-order valence-electron chi connectivity index (χ1n) is 18.0. The number of carbonyl (C=O) groups excluding carboxylic acids is 1. The fourth-order valence-corrected chi connectivity index (χ4v) is 6.12. The highest BCUT2D eigenvalue weighted by Crippen LogP contribution is 2.13. The van der Waals surface area contributed by atoms with Crippen LogP contribution in [0.2, 0.25) is 0 Å². The highest BCUT2D eigenvalue weighted by molar-refractivity contribution is 7.85. The molecule has 0 radical (unpaired) electrons. The van der Waals surface area contributed by atoms with E-state index in [1.165, 1.54) is 128 Å². The van der Waals surface area contributed by atoms with Gasteiger partial charge in [0.15, 0.2) is 0 Å². The molecular weight excluding hydrogens is 558 g/mol. The van der Waals surface area contributed by atoms with E-state index in [2.05, 4.69) is 31.3 Å². The summed E-state index contributed by atoms with van der Waals surface area (Å²) in [6.07, 6.45) is 37.6. The molecule has 0 aliphatic heterocycles. The number of hydrogen-bond acceptors (Lipinski definition) is 4. The van der Waals surface area contributed by atoms with E-state index in [1.54, 1.807) is 0 Å². The van der Waals surface area contributed by atoms with Gasteiger partial charge in [-0.3, -0.25) is 9.35 Å². The first kappa shape index (κ1) is 41.8. The molecule has 0 aliphatic carbocycles. The predicted octanol–water partition coefficient (Wildman–Crippen LogP) is 10.0. The van der Waals surface area contributed by atoms with Gasteiger partial charge < -0.3 is 10.4 Å². The lowest BCUT2D eigenvalue weighted by molar-refractivity contribution is -0.122. The number of allylic oxidation sites excluding steroid dienone is 3.